The van der Waals surface area contributed by atoms with Crippen molar-refractivity contribution < 1.29 is 23.8 Å². The quantitative estimate of drug-likeness (QED) is 0.900. The second-order valence-electron chi connectivity index (χ2n) is 3.54. The first-order chi connectivity index (χ1) is 8.65. The predicted molar refractivity (Wildman–Crippen MR) is 64.2 cm³/mol. The van der Waals surface area contributed by atoms with Crippen LogP contribution in [0.1, 0.15) is 10.6 Å². The maximum absolute atomic E-state index is 10.8. The number of hydrogen-bond acceptors (Lipinski definition) is 4. The van der Waals surface area contributed by atoms with Crippen molar-refractivity contribution >= 4 is 5.97 Å². The third kappa shape index (κ3) is 2.15. The van der Waals surface area contributed by atoms with E-state index in [0.717, 1.165) is 0 Å². The average Bonchev–Trinajstić information content (AvgIpc) is 2.87. The topological polar surface area (TPSA) is 68.9 Å². The minimum absolute atomic E-state index is 0.108. The number of hydrogen-bond donors (Lipinski definition) is 1. The largest absolute Gasteiger partial charge is 0.497 e. The Morgan fingerprint density at radius 2 is 1.94 bits per heavy atom. The Labute approximate surface area is 104 Å². The molecule has 0 spiro atoms. The highest BCUT2D eigenvalue weighted by molar-refractivity contribution is 5.85. The minimum atomic E-state index is -1.10. The Kier molecular flexibility index (Phi) is 3.23. The monoisotopic (exact) mass is 248 g/mol. The Morgan fingerprint density at radius 1 is 1.17 bits per heavy atom. The summed E-state index contributed by atoms with van der Waals surface area (Å²) in [5, 5.41) is 8.81. The van der Waals surface area contributed by atoms with E-state index >= 15 is 0 Å². The van der Waals surface area contributed by atoms with Crippen molar-refractivity contribution in [2.75, 3.05) is 14.2 Å². The van der Waals surface area contributed by atoms with Crippen LogP contribution in [-0.2, 0) is 0 Å². The Hall–Kier alpha value is -2.43. The van der Waals surface area contributed by atoms with E-state index in [4.69, 9.17) is 19.0 Å². The molecule has 0 bridgehead atoms. The molecule has 0 unspecified atom stereocenters. The van der Waals surface area contributed by atoms with E-state index in [1.165, 1.54) is 13.2 Å². The lowest BCUT2D eigenvalue weighted by atomic mass is 10.1. The first-order valence-electron chi connectivity index (χ1n) is 5.21. The third-order valence-corrected chi connectivity index (χ3v) is 2.49. The zero-order valence-electron chi connectivity index (χ0n) is 9.97. The summed E-state index contributed by atoms with van der Waals surface area (Å²) in [6, 6.07) is 8.20. The van der Waals surface area contributed by atoms with Crippen LogP contribution in [0.5, 0.6) is 11.5 Å². The molecule has 5 nitrogen and oxygen atoms in total. The Bertz CT molecular complexity index is 571. The van der Waals surface area contributed by atoms with Gasteiger partial charge in [-0.15, -0.1) is 0 Å². The van der Waals surface area contributed by atoms with Gasteiger partial charge in [-0.3, -0.25) is 0 Å². The molecule has 0 aliphatic heterocycles. The number of ether oxygens (including phenoxy) is 2. The lowest BCUT2D eigenvalue weighted by Gasteiger charge is -2.08. The van der Waals surface area contributed by atoms with Gasteiger partial charge in [0.05, 0.1) is 19.8 Å². The Morgan fingerprint density at radius 3 is 2.50 bits per heavy atom. The summed E-state index contributed by atoms with van der Waals surface area (Å²) in [6.45, 7) is 0. The lowest BCUT2D eigenvalue weighted by molar-refractivity contribution is 0.0663. The van der Waals surface area contributed by atoms with Crippen molar-refractivity contribution in [1.82, 2.24) is 0 Å². The van der Waals surface area contributed by atoms with Gasteiger partial charge in [-0.05, 0) is 24.3 Å². The van der Waals surface area contributed by atoms with Gasteiger partial charge in [0.15, 0.2) is 0 Å². The van der Waals surface area contributed by atoms with Crippen molar-refractivity contribution in [3.05, 3.63) is 36.1 Å². The van der Waals surface area contributed by atoms with Crippen LogP contribution in [0.25, 0.3) is 11.3 Å². The van der Waals surface area contributed by atoms with Gasteiger partial charge in [-0.2, -0.15) is 0 Å². The number of benzene rings is 1. The molecule has 1 N–H and O–H groups in total. The molecule has 0 radical (unpaired) electrons. The molecular weight excluding hydrogens is 236 g/mol. The number of methoxy groups -OCH3 is 2. The predicted octanol–water partition coefficient (Wildman–Crippen LogP) is 2.66. The van der Waals surface area contributed by atoms with Crippen LogP contribution in [0.15, 0.2) is 34.7 Å². The molecule has 1 aromatic carbocycles. The number of carboxylic acid groups (broad SMARTS) is 1. The second kappa shape index (κ2) is 4.83. The lowest BCUT2D eigenvalue weighted by Crippen LogP contribution is -1.92. The molecule has 94 valence electrons. The molecule has 0 amide bonds. The van der Waals surface area contributed by atoms with E-state index in [9.17, 15) is 4.79 Å². The number of carboxylic acids is 1. The molecular formula is C13H12O5. The van der Waals surface area contributed by atoms with E-state index in [0.29, 0.717) is 22.8 Å². The summed E-state index contributed by atoms with van der Waals surface area (Å²) in [4.78, 5) is 10.8. The zero-order valence-corrected chi connectivity index (χ0v) is 9.97. The molecule has 0 atom stereocenters. The Balaban J connectivity index is 2.45. The van der Waals surface area contributed by atoms with Crippen LogP contribution in [0, 0.1) is 0 Å². The van der Waals surface area contributed by atoms with Crippen LogP contribution in [0.4, 0.5) is 0 Å². The average molecular weight is 248 g/mol. The number of rotatable bonds is 4. The summed E-state index contributed by atoms with van der Waals surface area (Å²) in [5.74, 6) is 0.435. The molecule has 2 rings (SSSR count). The normalized spacial score (nSPS) is 10.1. The molecule has 0 saturated carbocycles. The summed E-state index contributed by atoms with van der Waals surface area (Å²) >= 11 is 0. The highest BCUT2D eigenvalue weighted by Crippen LogP contribution is 2.34. The highest BCUT2D eigenvalue weighted by atomic mass is 16.5. The fraction of sp³-hybridized carbons (Fsp3) is 0.154. The SMILES string of the molecule is COc1ccc(-c2ccc(C(=O)O)o2)c(OC)c1. The molecule has 1 heterocycles. The van der Waals surface area contributed by atoms with Crippen molar-refractivity contribution in [3.63, 3.8) is 0 Å². The van der Waals surface area contributed by atoms with Crippen LogP contribution in [0.2, 0.25) is 0 Å². The van der Waals surface area contributed by atoms with Gasteiger partial charge in [0.2, 0.25) is 5.76 Å². The van der Waals surface area contributed by atoms with E-state index < -0.39 is 5.97 Å². The van der Waals surface area contributed by atoms with E-state index in [1.807, 2.05) is 0 Å². The van der Waals surface area contributed by atoms with E-state index in [-0.39, 0.29) is 5.76 Å². The van der Waals surface area contributed by atoms with E-state index in [2.05, 4.69) is 0 Å². The fourth-order valence-corrected chi connectivity index (χ4v) is 1.60. The highest BCUT2D eigenvalue weighted by Gasteiger charge is 2.14. The second-order valence-corrected chi connectivity index (χ2v) is 3.54. The molecule has 2 aromatic rings. The summed E-state index contributed by atoms with van der Waals surface area (Å²) in [7, 11) is 3.09. The molecule has 0 saturated heterocycles. The third-order valence-electron chi connectivity index (χ3n) is 2.49. The maximum atomic E-state index is 10.8. The van der Waals surface area contributed by atoms with Gasteiger partial charge in [0.25, 0.3) is 0 Å². The molecule has 0 aliphatic rings. The first kappa shape index (κ1) is 12.0. The van der Waals surface area contributed by atoms with Gasteiger partial charge in [0, 0.05) is 6.07 Å². The van der Waals surface area contributed by atoms with Crippen molar-refractivity contribution in [3.8, 4) is 22.8 Å². The van der Waals surface area contributed by atoms with Crippen molar-refractivity contribution in [1.29, 1.82) is 0 Å². The molecule has 0 fully saturated rings. The van der Waals surface area contributed by atoms with Crippen LogP contribution in [0.3, 0.4) is 0 Å². The van der Waals surface area contributed by atoms with Gasteiger partial charge in [0.1, 0.15) is 17.3 Å². The minimum Gasteiger partial charge on any atom is -0.497 e. The smallest absolute Gasteiger partial charge is 0.371 e. The van der Waals surface area contributed by atoms with Crippen molar-refractivity contribution in [2.24, 2.45) is 0 Å². The number of aromatic carboxylic acids is 1. The maximum Gasteiger partial charge on any atom is 0.371 e. The number of carbonyl (C=O) groups is 1. The van der Waals surface area contributed by atoms with E-state index in [1.54, 1.807) is 31.4 Å². The summed E-state index contributed by atoms with van der Waals surface area (Å²) in [5.41, 5.74) is 0.672. The van der Waals surface area contributed by atoms with Crippen LogP contribution in [-0.4, -0.2) is 25.3 Å². The standard InChI is InChI=1S/C13H12O5/c1-16-8-3-4-9(12(7-8)17-2)10-5-6-11(18-10)13(14)15/h3-7H,1-2H3,(H,14,15). The van der Waals surface area contributed by atoms with Gasteiger partial charge < -0.3 is 19.0 Å². The number of furan rings is 1. The fourth-order valence-electron chi connectivity index (χ4n) is 1.60. The van der Waals surface area contributed by atoms with Crippen LogP contribution < -0.4 is 9.47 Å². The molecule has 18 heavy (non-hydrogen) atoms. The molecule has 0 aliphatic carbocycles. The van der Waals surface area contributed by atoms with Gasteiger partial charge in [-0.1, -0.05) is 0 Å². The first-order valence-corrected chi connectivity index (χ1v) is 5.21. The summed E-state index contributed by atoms with van der Waals surface area (Å²) in [6.07, 6.45) is 0. The zero-order chi connectivity index (χ0) is 13.1. The molecule has 1 aromatic heterocycles. The van der Waals surface area contributed by atoms with Crippen molar-refractivity contribution in [2.45, 2.75) is 0 Å². The molecule has 5 heteroatoms. The van der Waals surface area contributed by atoms with Crippen LogP contribution >= 0.6 is 0 Å². The van der Waals surface area contributed by atoms with Gasteiger partial charge >= 0.3 is 5.97 Å². The van der Waals surface area contributed by atoms with Gasteiger partial charge in [-0.25, -0.2) is 4.79 Å². The summed E-state index contributed by atoms with van der Waals surface area (Å²) < 4.78 is 15.5.